The van der Waals surface area contributed by atoms with Gasteiger partial charge in [0.15, 0.2) is 0 Å². The van der Waals surface area contributed by atoms with Crippen molar-refractivity contribution in [2.45, 2.75) is 66.2 Å². The molecule has 18 heavy (non-hydrogen) atoms. The van der Waals surface area contributed by atoms with Crippen LogP contribution in [0.15, 0.2) is 0 Å². The second-order valence-corrected chi connectivity index (χ2v) is 6.34. The second kappa shape index (κ2) is 7.81. The van der Waals surface area contributed by atoms with Crippen molar-refractivity contribution in [1.29, 1.82) is 0 Å². The van der Waals surface area contributed by atoms with Gasteiger partial charge >= 0.3 is 0 Å². The summed E-state index contributed by atoms with van der Waals surface area (Å²) in [6.07, 6.45) is 7.36. The van der Waals surface area contributed by atoms with E-state index >= 15 is 0 Å². The number of rotatable bonds is 7. The number of hydrogen-bond acceptors (Lipinski definition) is 1. The Bertz CT molecular complexity index is 249. The molecule has 1 N–H and O–H groups in total. The van der Waals surface area contributed by atoms with Crippen LogP contribution in [0.5, 0.6) is 0 Å². The van der Waals surface area contributed by atoms with E-state index in [0.29, 0.717) is 23.7 Å². The van der Waals surface area contributed by atoms with E-state index < -0.39 is 0 Å². The van der Waals surface area contributed by atoms with Gasteiger partial charge in [0.25, 0.3) is 0 Å². The molecular weight excluding hydrogens is 222 g/mol. The van der Waals surface area contributed by atoms with E-state index in [-0.39, 0.29) is 5.92 Å². The molecule has 106 valence electrons. The lowest BCUT2D eigenvalue weighted by molar-refractivity contribution is -0.127. The molecule has 0 unspecified atom stereocenters. The predicted molar refractivity (Wildman–Crippen MR) is 77.4 cm³/mol. The van der Waals surface area contributed by atoms with E-state index in [1.54, 1.807) is 0 Å². The third-order valence-corrected chi connectivity index (χ3v) is 4.52. The average molecular weight is 253 g/mol. The minimum absolute atomic E-state index is 0.260. The molecule has 1 saturated carbocycles. The highest BCUT2D eigenvalue weighted by molar-refractivity contribution is 5.79. The fourth-order valence-corrected chi connectivity index (χ4v) is 3.32. The van der Waals surface area contributed by atoms with Crippen molar-refractivity contribution < 1.29 is 4.79 Å². The SMILES string of the molecule is CCCCCCNC(=O)[C@@H]1[C@@H](C(C)C)CC[C@@H]1C. The summed E-state index contributed by atoms with van der Waals surface area (Å²) in [5.41, 5.74) is 0. The van der Waals surface area contributed by atoms with Crippen LogP contribution < -0.4 is 5.32 Å². The second-order valence-electron chi connectivity index (χ2n) is 6.34. The zero-order chi connectivity index (χ0) is 13.5. The van der Waals surface area contributed by atoms with E-state index in [2.05, 4.69) is 33.0 Å². The lowest BCUT2D eigenvalue weighted by Gasteiger charge is -2.25. The Morgan fingerprint density at radius 3 is 2.56 bits per heavy atom. The largest absolute Gasteiger partial charge is 0.356 e. The van der Waals surface area contributed by atoms with Crippen LogP contribution in [-0.4, -0.2) is 12.5 Å². The molecule has 0 radical (unpaired) electrons. The maximum absolute atomic E-state index is 12.3. The summed E-state index contributed by atoms with van der Waals surface area (Å²) in [6.45, 7) is 9.83. The van der Waals surface area contributed by atoms with Crippen LogP contribution in [0, 0.1) is 23.7 Å². The molecule has 0 aliphatic heterocycles. The molecule has 0 bridgehead atoms. The van der Waals surface area contributed by atoms with Gasteiger partial charge in [-0.3, -0.25) is 4.79 Å². The highest BCUT2D eigenvalue weighted by Gasteiger charge is 2.39. The van der Waals surface area contributed by atoms with Crippen LogP contribution in [-0.2, 0) is 4.79 Å². The van der Waals surface area contributed by atoms with Crippen molar-refractivity contribution in [3.63, 3.8) is 0 Å². The topological polar surface area (TPSA) is 29.1 Å². The summed E-state index contributed by atoms with van der Waals surface area (Å²) in [4.78, 5) is 12.3. The van der Waals surface area contributed by atoms with E-state index in [1.165, 1.54) is 32.1 Å². The highest BCUT2D eigenvalue weighted by atomic mass is 16.1. The lowest BCUT2D eigenvalue weighted by atomic mass is 9.82. The summed E-state index contributed by atoms with van der Waals surface area (Å²) in [5.74, 6) is 2.36. The van der Waals surface area contributed by atoms with Crippen molar-refractivity contribution in [2.24, 2.45) is 23.7 Å². The van der Waals surface area contributed by atoms with Crippen LogP contribution in [0.1, 0.15) is 66.2 Å². The fraction of sp³-hybridized carbons (Fsp3) is 0.938. The first kappa shape index (κ1) is 15.5. The number of carbonyl (C=O) groups excluding carboxylic acids is 1. The minimum Gasteiger partial charge on any atom is -0.356 e. The van der Waals surface area contributed by atoms with Gasteiger partial charge in [-0.1, -0.05) is 47.0 Å². The summed E-state index contributed by atoms with van der Waals surface area (Å²) in [7, 11) is 0. The Morgan fingerprint density at radius 2 is 1.94 bits per heavy atom. The summed E-state index contributed by atoms with van der Waals surface area (Å²) >= 11 is 0. The maximum Gasteiger partial charge on any atom is 0.223 e. The smallest absolute Gasteiger partial charge is 0.223 e. The van der Waals surface area contributed by atoms with Gasteiger partial charge in [0.05, 0.1) is 0 Å². The van der Waals surface area contributed by atoms with Gasteiger partial charge in [-0.05, 0) is 37.0 Å². The Balaban J connectivity index is 2.34. The molecule has 2 heteroatoms. The van der Waals surface area contributed by atoms with Gasteiger partial charge < -0.3 is 5.32 Å². The molecule has 3 atom stereocenters. The van der Waals surface area contributed by atoms with E-state index in [4.69, 9.17) is 0 Å². The third-order valence-electron chi connectivity index (χ3n) is 4.52. The van der Waals surface area contributed by atoms with Crippen LogP contribution in [0.2, 0.25) is 0 Å². The van der Waals surface area contributed by atoms with Gasteiger partial charge in [-0.25, -0.2) is 0 Å². The van der Waals surface area contributed by atoms with Gasteiger partial charge in [0.1, 0.15) is 0 Å². The molecule has 1 rings (SSSR count). The van der Waals surface area contributed by atoms with Crippen LogP contribution in [0.4, 0.5) is 0 Å². The number of carbonyl (C=O) groups is 1. The summed E-state index contributed by atoms with van der Waals surface area (Å²) in [6, 6.07) is 0. The molecule has 1 aliphatic rings. The first-order valence-corrected chi connectivity index (χ1v) is 7.85. The molecule has 0 aromatic heterocycles. The minimum atomic E-state index is 0.260. The number of hydrogen-bond donors (Lipinski definition) is 1. The van der Waals surface area contributed by atoms with Crippen molar-refractivity contribution in [2.75, 3.05) is 6.54 Å². The van der Waals surface area contributed by atoms with Gasteiger partial charge in [0.2, 0.25) is 5.91 Å². The third kappa shape index (κ3) is 4.29. The monoisotopic (exact) mass is 253 g/mol. The predicted octanol–water partition coefficient (Wildman–Crippen LogP) is 4.00. The van der Waals surface area contributed by atoms with Crippen molar-refractivity contribution in [3.8, 4) is 0 Å². The zero-order valence-electron chi connectivity index (χ0n) is 12.7. The number of unbranched alkanes of at least 4 members (excludes halogenated alkanes) is 3. The van der Waals surface area contributed by atoms with Crippen LogP contribution in [0.25, 0.3) is 0 Å². The zero-order valence-corrected chi connectivity index (χ0v) is 12.7. The standard InChI is InChI=1S/C16H31NO/c1-5-6-7-8-11-17-16(18)15-13(4)9-10-14(15)12(2)3/h12-15H,5-11H2,1-4H3,(H,17,18)/t13-,14+,15-/m0/s1. The maximum atomic E-state index is 12.3. The lowest BCUT2D eigenvalue weighted by Crippen LogP contribution is -2.37. The van der Waals surface area contributed by atoms with Crippen molar-refractivity contribution in [3.05, 3.63) is 0 Å². The summed E-state index contributed by atoms with van der Waals surface area (Å²) in [5, 5.41) is 3.16. The molecule has 2 nitrogen and oxygen atoms in total. The quantitative estimate of drug-likeness (QED) is 0.683. The Hall–Kier alpha value is -0.530. The van der Waals surface area contributed by atoms with Crippen molar-refractivity contribution in [1.82, 2.24) is 5.32 Å². The van der Waals surface area contributed by atoms with E-state index in [9.17, 15) is 4.79 Å². The van der Waals surface area contributed by atoms with Crippen molar-refractivity contribution >= 4 is 5.91 Å². The average Bonchev–Trinajstić information content (AvgIpc) is 2.71. The fourth-order valence-electron chi connectivity index (χ4n) is 3.32. The van der Waals surface area contributed by atoms with Gasteiger partial charge in [-0.2, -0.15) is 0 Å². The molecule has 1 aliphatic carbocycles. The molecule has 0 aromatic carbocycles. The normalized spacial score (nSPS) is 27.7. The molecule has 0 aromatic rings. The Morgan fingerprint density at radius 1 is 1.22 bits per heavy atom. The Kier molecular flexibility index (Phi) is 6.73. The molecule has 0 saturated heterocycles. The first-order chi connectivity index (χ1) is 8.57. The molecule has 1 fully saturated rings. The van der Waals surface area contributed by atoms with E-state index in [1.807, 2.05) is 0 Å². The molecule has 1 amide bonds. The molecule has 0 heterocycles. The first-order valence-electron chi connectivity index (χ1n) is 7.85. The van der Waals surface area contributed by atoms with E-state index in [0.717, 1.165) is 13.0 Å². The van der Waals surface area contributed by atoms with Crippen LogP contribution in [0.3, 0.4) is 0 Å². The van der Waals surface area contributed by atoms with Gasteiger partial charge in [-0.15, -0.1) is 0 Å². The number of amides is 1. The highest BCUT2D eigenvalue weighted by Crippen LogP contribution is 2.41. The summed E-state index contributed by atoms with van der Waals surface area (Å²) < 4.78 is 0. The molecule has 0 spiro atoms. The van der Waals surface area contributed by atoms with Crippen LogP contribution >= 0.6 is 0 Å². The van der Waals surface area contributed by atoms with Gasteiger partial charge in [0, 0.05) is 12.5 Å². The Labute approximate surface area is 113 Å². The number of nitrogens with one attached hydrogen (secondary N) is 1. The molecular formula is C16H31NO.